The van der Waals surface area contributed by atoms with Gasteiger partial charge in [0.25, 0.3) is 0 Å². The molecule has 2 nitrogen and oxygen atoms in total. The number of hydrogen-bond acceptors (Lipinski definition) is 2. The van der Waals surface area contributed by atoms with Gasteiger partial charge in [-0.05, 0) is 52.9 Å². The largest absolute Gasteiger partial charge is 0.492 e. The summed E-state index contributed by atoms with van der Waals surface area (Å²) in [5, 5.41) is 5.29. The van der Waals surface area contributed by atoms with Crippen molar-refractivity contribution in [1.82, 2.24) is 0 Å². The molecule has 21 heavy (non-hydrogen) atoms. The van der Waals surface area contributed by atoms with E-state index in [1.54, 1.807) is 6.07 Å². The molecule has 1 unspecified atom stereocenters. The van der Waals surface area contributed by atoms with E-state index >= 15 is 0 Å². The van der Waals surface area contributed by atoms with Gasteiger partial charge in [0.15, 0.2) is 0 Å². The highest BCUT2D eigenvalue weighted by Crippen LogP contribution is 2.41. The van der Waals surface area contributed by atoms with Crippen molar-refractivity contribution in [3.05, 3.63) is 54.5 Å². The van der Waals surface area contributed by atoms with Crippen LogP contribution in [0.15, 0.2) is 30.3 Å². The number of benzene rings is 2. The zero-order chi connectivity index (χ0) is 15.0. The summed E-state index contributed by atoms with van der Waals surface area (Å²) in [4.78, 5) is 0. The molecular formula is C15H11Cl3INO. The molecule has 110 valence electrons. The second kappa shape index (κ2) is 6.41. The summed E-state index contributed by atoms with van der Waals surface area (Å²) in [6, 6.07) is 9.58. The van der Waals surface area contributed by atoms with E-state index in [0.717, 1.165) is 21.2 Å². The first kappa shape index (κ1) is 15.5. The highest BCUT2D eigenvalue weighted by atomic mass is 127. The Bertz CT molecular complexity index is 693. The smallest absolute Gasteiger partial charge is 0.143 e. The maximum atomic E-state index is 6.29. The Morgan fingerprint density at radius 1 is 1.10 bits per heavy atom. The van der Waals surface area contributed by atoms with Gasteiger partial charge in [-0.1, -0.05) is 34.8 Å². The fourth-order valence-corrected chi connectivity index (χ4v) is 3.84. The van der Waals surface area contributed by atoms with Gasteiger partial charge in [-0.25, -0.2) is 0 Å². The highest BCUT2D eigenvalue weighted by molar-refractivity contribution is 14.1. The number of halogens is 4. The summed E-state index contributed by atoms with van der Waals surface area (Å²) in [7, 11) is 0. The van der Waals surface area contributed by atoms with Crippen LogP contribution in [0.1, 0.15) is 18.0 Å². The highest BCUT2D eigenvalue weighted by Gasteiger charge is 2.24. The molecule has 0 bridgehead atoms. The van der Waals surface area contributed by atoms with E-state index in [9.17, 15) is 0 Å². The second-order valence-corrected chi connectivity index (χ2v) is 7.26. The Morgan fingerprint density at radius 2 is 1.90 bits per heavy atom. The van der Waals surface area contributed by atoms with Crippen LogP contribution in [0.3, 0.4) is 0 Å². The lowest BCUT2D eigenvalue weighted by Gasteiger charge is -2.28. The zero-order valence-corrected chi connectivity index (χ0v) is 15.2. The van der Waals surface area contributed by atoms with Crippen molar-refractivity contribution < 1.29 is 4.74 Å². The summed E-state index contributed by atoms with van der Waals surface area (Å²) in [6.07, 6.45) is 0.825. The SMILES string of the molecule is Clc1cc(Cl)c2c(c1)C(Nc1ccc(I)cc1Cl)CCO2. The van der Waals surface area contributed by atoms with Crippen LogP contribution in [0.25, 0.3) is 0 Å². The molecule has 0 radical (unpaired) electrons. The molecule has 1 aliphatic heterocycles. The lowest BCUT2D eigenvalue weighted by Crippen LogP contribution is -2.20. The van der Waals surface area contributed by atoms with E-state index in [-0.39, 0.29) is 6.04 Å². The quantitative estimate of drug-likeness (QED) is 0.547. The van der Waals surface area contributed by atoms with Crippen LogP contribution < -0.4 is 10.1 Å². The second-order valence-electron chi connectivity index (χ2n) is 4.76. The number of fused-ring (bicyclic) bond motifs is 1. The Morgan fingerprint density at radius 3 is 2.67 bits per heavy atom. The zero-order valence-electron chi connectivity index (χ0n) is 10.8. The summed E-state index contributed by atoms with van der Waals surface area (Å²) in [5.41, 5.74) is 1.86. The van der Waals surface area contributed by atoms with Crippen LogP contribution in [0, 0.1) is 3.57 Å². The fraction of sp³-hybridized carbons (Fsp3) is 0.200. The maximum Gasteiger partial charge on any atom is 0.143 e. The summed E-state index contributed by atoms with van der Waals surface area (Å²) >= 11 is 20.8. The third kappa shape index (κ3) is 3.36. The van der Waals surface area contributed by atoms with E-state index in [0.29, 0.717) is 27.4 Å². The molecule has 0 aromatic heterocycles. The minimum absolute atomic E-state index is 0.0718. The predicted octanol–water partition coefficient (Wildman–Crippen LogP) is 6.19. The lowest BCUT2D eigenvalue weighted by atomic mass is 10.00. The van der Waals surface area contributed by atoms with Crippen molar-refractivity contribution in [3.8, 4) is 5.75 Å². The number of hydrogen-bond donors (Lipinski definition) is 1. The van der Waals surface area contributed by atoms with Gasteiger partial charge in [0.05, 0.1) is 28.4 Å². The van der Waals surface area contributed by atoms with Crippen molar-refractivity contribution in [3.63, 3.8) is 0 Å². The molecule has 1 N–H and O–H groups in total. The molecule has 2 aromatic carbocycles. The van der Waals surface area contributed by atoms with Gasteiger partial charge in [-0.3, -0.25) is 0 Å². The van der Waals surface area contributed by atoms with Crippen LogP contribution in [0.4, 0.5) is 5.69 Å². The number of nitrogens with one attached hydrogen (secondary N) is 1. The molecule has 0 spiro atoms. The van der Waals surface area contributed by atoms with Gasteiger partial charge < -0.3 is 10.1 Å². The van der Waals surface area contributed by atoms with Crippen molar-refractivity contribution in [2.24, 2.45) is 0 Å². The summed E-state index contributed by atoms with van der Waals surface area (Å²) < 4.78 is 6.76. The van der Waals surface area contributed by atoms with Crippen LogP contribution in [0.5, 0.6) is 5.75 Å². The van der Waals surface area contributed by atoms with E-state index in [4.69, 9.17) is 39.5 Å². The van der Waals surface area contributed by atoms with E-state index in [2.05, 4.69) is 27.9 Å². The molecule has 0 aliphatic carbocycles. The van der Waals surface area contributed by atoms with Crippen LogP contribution in [-0.2, 0) is 0 Å². The molecule has 1 atom stereocenters. The molecule has 1 heterocycles. The molecule has 0 saturated carbocycles. The maximum absolute atomic E-state index is 6.29. The van der Waals surface area contributed by atoms with Gasteiger partial charge in [-0.2, -0.15) is 0 Å². The molecule has 0 saturated heterocycles. The van der Waals surface area contributed by atoms with Gasteiger partial charge in [0, 0.05) is 20.6 Å². The van der Waals surface area contributed by atoms with Crippen molar-refractivity contribution in [2.45, 2.75) is 12.5 Å². The molecule has 6 heteroatoms. The van der Waals surface area contributed by atoms with Crippen LogP contribution >= 0.6 is 57.4 Å². The third-order valence-corrected chi connectivity index (χ3v) is 4.81. The normalized spacial score (nSPS) is 17.0. The van der Waals surface area contributed by atoms with Crippen molar-refractivity contribution >= 4 is 63.1 Å². The Balaban J connectivity index is 1.95. The number of rotatable bonds is 2. The standard InChI is InChI=1S/C15H11Cl3INO/c16-8-5-10-13(3-4-21-15(10)12(18)6-8)20-14-2-1-9(19)7-11(14)17/h1-2,5-7,13,20H,3-4H2. The number of anilines is 1. The van der Waals surface area contributed by atoms with E-state index in [1.807, 2.05) is 24.3 Å². The third-order valence-electron chi connectivity index (χ3n) is 3.33. The first-order valence-corrected chi connectivity index (χ1v) is 8.59. The van der Waals surface area contributed by atoms with Crippen LogP contribution in [-0.4, -0.2) is 6.61 Å². The molecule has 0 amide bonds. The fourth-order valence-electron chi connectivity index (χ4n) is 2.37. The van der Waals surface area contributed by atoms with Crippen molar-refractivity contribution in [1.29, 1.82) is 0 Å². The molecule has 1 aliphatic rings. The predicted molar refractivity (Wildman–Crippen MR) is 97.1 cm³/mol. The average molecular weight is 455 g/mol. The van der Waals surface area contributed by atoms with Gasteiger partial charge >= 0.3 is 0 Å². The minimum atomic E-state index is 0.0718. The van der Waals surface area contributed by atoms with E-state index in [1.165, 1.54) is 0 Å². The van der Waals surface area contributed by atoms with Gasteiger partial charge in [-0.15, -0.1) is 0 Å². The lowest BCUT2D eigenvalue weighted by molar-refractivity contribution is 0.274. The summed E-state index contributed by atoms with van der Waals surface area (Å²) in [5.74, 6) is 0.700. The molecule has 2 aromatic rings. The Labute approximate surface area is 151 Å². The van der Waals surface area contributed by atoms with Crippen molar-refractivity contribution in [2.75, 3.05) is 11.9 Å². The van der Waals surface area contributed by atoms with E-state index < -0.39 is 0 Å². The molecule has 0 fully saturated rings. The van der Waals surface area contributed by atoms with Gasteiger partial charge in [0.2, 0.25) is 0 Å². The number of ether oxygens (including phenoxy) is 1. The minimum Gasteiger partial charge on any atom is -0.492 e. The summed E-state index contributed by atoms with van der Waals surface area (Å²) in [6.45, 7) is 0.605. The molecule has 3 rings (SSSR count). The monoisotopic (exact) mass is 453 g/mol. The topological polar surface area (TPSA) is 21.3 Å². The van der Waals surface area contributed by atoms with Crippen LogP contribution in [0.2, 0.25) is 15.1 Å². The first-order valence-electron chi connectivity index (χ1n) is 6.38. The Kier molecular flexibility index (Phi) is 4.74. The first-order chi connectivity index (χ1) is 10.0. The molecular weight excluding hydrogens is 443 g/mol. The van der Waals surface area contributed by atoms with Gasteiger partial charge in [0.1, 0.15) is 5.75 Å². The Hall–Kier alpha value is -0.360. The average Bonchev–Trinajstić information content (AvgIpc) is 2.42.